The largest absolute Gasteiger partial charge is 0.478 e. The third kappa shape index (κ3) is 4.79. The Morgan fingerprint density at radius 2 is 1.66 bits per heavy atom. The molecule has 0 aromatic carbocycles. The Bertz CT molecular complexity index is 900. The smallest absolute Gasteiger partial charge is 0.330 e. The summed E-state index contributed by atoms with van der Waals surface area (Å²) in [5.74, 6) is 1.22. The summed E-state index contributed by atoms with van der Waals surface area (Å²) in [6.07, 6.45) is 12.0. The van der Waals surface area contributed by atoms with E-state index in [1.807, 2.05) is 6.08 Å². The zero-order valence-electron chi connectivity index (χ0n) is 23.0. The van der Waals surface area contributed by atoms with E-state index in [9.17, 15) is 9.59 Å². The molecule has 0 radical (unpaired) electrons. The van der Waals surface area contributed by atoms with Crippen molar-refractivity contribution in [2.24, 2.45) is 39.9 Å². The number of carbonyl (C=O) groups is 2. The van der Waals surface area contributed by atoms with Gasteiger partial charge in [-0.25, -0.2) is 4.79 Å². The number of fused-ring (bicyclic) bond motifs is 3. The average Bonchev–Trinajstić information content (AvgIpc) is 3.15. The number of esters is 1. The quantitative estimate of drug-likeness (QED) is 0.206. The van der Waals surface area contributed by atoms with Gasteiger partial charge in [0.15, 0.2) is 0 Å². The van der Waals surface area contributed by atoms with Crippen molar-refractivity contribution < 1.29 is 19.4 Å². The standard InChI is InChI=1S/C31H48O4/c1-20(2)24-15-19-31(7)26(29(24,5)17-16-27(32)35-8)13-12-25-23(14-18-30(25,31)6)21(3)10-9-11-22(4)28(33)34/h11,23-26H,1,3,9-10,12-19H2,2,4-8H3,(H,33,34)/b22-11+/t23-,24+,25-,26+,29+,30-,31-/m1/s1. The van der Waals surface area contributed by atoms with Crippen LogP contribution in [0, 0.1) is 39.9 Å². The zero-order valence-corrected chi connectivity index (χ0v) is 23.0. The summed E-state index contributed by atoms with van der Waals surface area (Å²) in [7, 11) is 1.49. The van der Waals surface area contributed by atoms with Gasteiger partial charge < -0.3 is 9.84 Å². The van der Waals surface area contributed by atoms with Crippen molar-refractivity contribution in [2.75, 3.05) is 7.11 Å². The molecule has 3 saturated carbocycles. The SMILES string of the molecule is C=C(CC/C=C(\C)C(=O)O)[C@H]1CC[C@]2(C)[C@@H]1CC[C@H]1[C@@](C)(CCC(=O)OC)[C@H](C(=C)C)CC[C@]12C. The Hall–Kier alpha value is -1.84. The van der Waals surface area contributed by atoms with Crippen molar-refractivity contribution in [3.8, 4) is 0 Å². The summed E-state index contributed by atoms with van der Waals surface area (Å²) in [5, 5.41) is 9.14. The number of hydrogen-bond donors (Lipinski definition) is 1. The van der Waals surface area contributed by atoms with Gasteiger partial charge in [0.25, 0.3) is 0 Å². The molecule has 7 atom stereocenters. The molecule has 35 heavy (non-hydrogen) atoms. The van der Waals surface area contributed by atoms with E-state index in [-0.39, 0.29) is 22.2 Å². The van der Waals surface area contributed by atoms with Gasteiger partial charge in [0.05, 0.1) is 7.11 Å². The van der Waals surface area contributed by atoms with E-state index in [2.05, 4.69) is 40.9 Å². The minimum absolute atomic E-state index is 0.0508. The molecule has 0 heterocycles. The molecule has 1 N–H and O–H groups in total. The van der Waals surface area contributed by atoms with Crippen molar-refractivity contribution in [3.63, 3.8) is 0 Å². The van der Waals surface area contributed by atoms with Gasteiger partial charge in [-0.15, -0.1) is 0 Å². The number of carbonyl (C=O) groups excluding carboxylic acids is 1. The van der Waals surface area contributed by atoms with E-state index in [0.717, 1.165) is 25.7 Å². The molecule has 0 aliphatic heterocycles. The highest BCUT2D eigenvalue weighted by Gasteiger charge is 2.65. The van der Waals surface area contributed by atoms with E-state index >= 15 is 0 Å². The van der Waals surface area contributed by atoms with Crippen LogP contribution < -0.4 is 0 Å². The lowest BCUT2D eigenvalue weighted by atomic mass is 9.38. The van der Waals surface area contributed by atoms with Gasteiger partial charge in [0, 0.05) is 12.0 Å². The molecular formula is C31H48O4. The van der Waals surface area contributed by atoms with Crippen molar-refractivity contribution in [3.05, 3.63) is 36.0 Å². The molecule has 4 heteroatoms. The van der Waals surface area contributed by atoms with E-state index in [0.29, 0.717) is 35.7 Å². The summed E-state index contributed by atoms with van der Waals surface area (Å²) in [6.45, 7) is 20.3. The fraction of sp³-hybridized carbons (Fsp3) is 0.742. The van der Waals surface area contributed by atoms with Crippen molar-refractivity contribution in [2.45, 2.75) is 98.8 Å². The third-order valence-electron chi connectivity index (χ3n) is 11.1. The minimum atomic E-state index is -0.837. The molecule has 196 valence electrons. The number of methoxy groups -OCH3 is 1. The first kappa shape index (κ1) is 27.7. The molecule has 4 nitrogen and oxygen atoms in total. The Balaban J connectivity index is 1.84. The van der Waals surface area contributed by atoms with E-state index in [1.165, 1.54) is 50.4 Å². The number of allylic oxidation sites excluding steroid dienone is 3. The summed E-state index contributed by atoms with van der Waals surface area (Å²) in [4.78, 5) is 23.3. The summed E-state index contributed by atoms with van der Waals surface area (Å²) in [6, 6.07) is 0. The first-order valence-electron chi connectivity index (χ1n) is 13.6. The van der Waals surface area contributed by atoms with Crippen LogP contribution in [0.5, 0.6) is 0 Å². The highest BCUT2D eigenvalue weighted by Crippen LogP contribution is 2.73. The van der Waals surface area contributed by atoms with Gasteiger partial charge in [-0.05, 0) is 112 Å². The molecule has 0 unspecified atom stereocenters. The number of carboxylic acid groups (broad SMARTS) is 1. The zero-order chi connectivity index (χ0) is 26.2. The number of carboxylic acids is 1. The Morgan fingerprint density at radius 1 is 1.00 bits per heavy atom. The predicted molar refractivity (Wildman–Crippen MR) is 142 cm³/mol. The molecule has 0 amide bonds. The first-order valence-corrected chi connectivity index (χ1v) is 13.6. The van der Waals surface area contributed by atoms with Crippen molar-refractivity contribution in [1.29, 1.82) is 0 Å². The van der Waals surface area contributed by atoms with Gasteiger partial charge in [-0.1, -0.05) is 51.2 Å². The number of ether oxygens (including phenoxy) is 1. The van der Waals surface area contributed by atoms with Crippen LogP contribution in [0.1, 0.15) is 98.8 Å². The second kappa shape index (κ2) is 10.3. The maximum atomic E-state index is 12.2. The van der Waals surface area contributed by atoms with E-state index in [4.69, 9.17) is 9.84 Å². The van der Waals surface area contributed by atoms with Crippen LogP contribution in [0.3, 0.4) is 0 Å². The van der Waals surface area contributed by atoms with Crippen LogP contribution in [0.25, 0.3) is 0 Å². The van der Waals surface area contributed by atoms with Gasteiger partial charge in [-0.3, -0.25) is 4.79 Å². The second-order valence-corrected chi connectivity index (χ2v) is 12.6. The molecule has 0 spiro atoms. The maximum absolute atomic E-state index is 12.2. The molecule has 0 saturated heterocycles. The molecule has 3 fully saturated rings. The highest BCUT2D eigenvalue weighted by atomic mass is 16.5. The van der Waals surface area contributed by atoms with Crippen molar-refractivity contribution >= 4 is 11.9 Å². The van der Waals surface area contributed by atoms with Gasteiger partial charge in [-0.2, -0.15) is 0 Å². The van der Waals surface area contributed by atoms with Crippen LogP contribution in [-0.4, -0.2) is 24.2 Å². The average molecular weight is 485 g/mol. The normalized spacial score (nSPS) is 38.9. The van der Waals surface area contributed by atoms with Crippen LogP contribution >= 0.6 is 0 Å². The Kier molecular flexibility index (Phi) is 8.13. The number of rotatable bonds is 9. The molecule has 3 aliphatic rings. The van der Waals surface area contributed by atoms with Gasteiger partial charge in [0.2, 0.25) is 0 Å². The van der Waals surface area contributed by atoms with Crippen LogP contribution in [0.15, 0.2) is 36.0 Å². The molecule has 0 aromatic rings. The van der Waals surface area contributed by atoms with Gasteiger partial charge in [0.1, 0.15) is 0 Å². The van der Waals surface area contributed by atoms with Gasteiger partial charge >= 0.3 is 11.9 Å². The third-order valence-corrected chi connectivity index (χ3v) is 11.1. The minimum Gasteiger partial charge on any atom is -0.478 e. The fourth-order valence-electron chi connectivity index (χ4n) is 8.98. The molecular weight excluding hydrogens is 436 g/mol. The van der Waals surface area contributed by atoms with Crippen molar-refractivity contribution in [1.82, 2.24) is 0 Å². The van der Waals surface area contributed by atoms with Crippen LogP contribution in [0.4, 0.5) is 0 Å². The van der Waals surface area contributed by atoms with Crippen LogP contribution in [-0.2, 0) is 14.3 Å². The number of aliphatic carboxylic acids is 1. The molecule has 0 aromatic heterocycles. The fourth-order valence-corrected chi connectivity index (χ4v) is 8.98. The molecule has 0 bridgehead atoms. The second-order valence-electron chi connectivity index (χ2n) is 12.6. The summed E-state index contributed by atoms with van der Waals surface area (Å²) < 4.78 is 5.03. The first-order chi connectivity index (χ1) is 16.3. The maximum Gasteiger partial charge on any atom is 0.330 e. The summed E-state index contributed by atoms with van der Waals surface area (Å²) >= 11 is 0. The number of hydrogen-bond acceptors (Lipinski definition) is 3. The Labute approximate surface area is 213 Å². The van der Waals surface area contributed by atoms with Crippen LogP contribution in [0.2, 0.25) is 0 Å². The van der Waals surface area contributed by atoms with E-state index in [1.54, 1.807) is 6.92 Å². The lowest BCUT2D eigenvalue weighted by Gasteiger charge is -2.66. The van der Waals surface area contributed by atoms with E-state index < -0.39 is 5.97 Å². The molecule has 3 rings (SSSR count). The highest BCUT2D eigenvalue weighted by molar-refractivity contribution is 5.85. The lowest BCUT2D eigenvalue weighted by Crippen LogP contribution is -2.59. The topological polar surface area (TPSA) is 63.6 Å². The summed E-state index contributed by atoms with van der Waals surface area (Å²) in [5.41, 5.74) is 3.51. The predicted octanol–water partition coefficient (Wildman–Crippen LogP) is 7.75. The Morgan fingerprint density at radius 3 is 2.26 bits per heavy atom. The monoisotopic (exact) mass is 484 g/mol. The lowest BCUT2D eigenvalue weighted by molar-refractivity contribution is -0.169. The molecule has 3 aliphatic carbocycles.